The third kappa shape index (κ3) is 3.60. The predicted molar refractivity (Wildman–Crippen MR) is 76.4 cm³/mol. The first-order valence-electron chi connectivity index (χ1n) is 7.31. The minimum absolute atomic E-state index is 0.102. The van der Waals surface area contributed by atoms with Gasteiger partial charge in [0, 0.05) is 6.54 Å². The lowest BCUT2D eigenvalue weighted by Gasteiger charge is -2.36. The molecule has 0 aliphatic heterocycles. The number of hydrogen-bond acceptors (Lipinski definition) is 2. The second-order valence-corrected chi connectivity index (χ2v) is 5.55. The van der Waals surface area contributed by atoms with Crippen LogP contribution in [0.4, 0.5) is 4.39 Å². The Morgan fingerprint density at radius 1 is 1.24 bits per heavy atom. The maximum atomic E-state index is 13.5. The normalized spacial score (nSPS) is 17.2. The summed E-state index contributed by atoms with van der Waals surface area (Å²) in [5.41, 5.74) is -0.0335. The van der Waals surface area contributed by atoms with Crippen molar-refractivity contribution in [1.82, 2.24) is 5.32 Å². The lowest BCUT2D eigenvalue weighted by molar-refractivity contribution is -0.137. The summed E-state index contributed by atoms with van der Waals surface area (Å²) in [6.45, 7) is 0.102. The number of carboxylic acid groups (broad SMARTS) is 1. The van der Waals surface area contributed by atoms with Crippen LogP contribution in [0.5, 0.6) is 0 Å². The van der Waals surface area contributed by atoms with Crippen LogP contribution in [0.15, 0.2) is 24.3 Å². The van der Waals surface area contributed by atoms with E-state index in [-0.39, 0.29) is 24.7 Å². The largest absolute Gasteiger partial charge is 0.481 e. The highest BCUT2D eigenvalue weighted by Gasteiger charge is 2.41. The molecular weight excluding hydrogens is 273 g/mol. The van der Waals surface area contributed by atoms with Gasteiger partial charge in [-0.15, -0.1) is 0 Å². The van der Waals surface area contributed by atoms with Crippen LogP contribution >= 0.6 is 0 Å². The van der Waals surface area contributed by atoms with Crippen molar-refractivity contribution in [3.05, 3.63) is 35.6 Å². The van der Waals surface area contributed by atoms with Gasteiger partial charge in [0.1, 0.15) is 5.82 Å². The average Bonchev–Trinajstić information content (AvgIpc) is 2.47. The molecule has 1 aliphatic rings. The Hall–Kier alpha value is -1.91. The molecule has 5 heteroatoms. The number of halogens is 1. The summed E-state index contributed by atoms with van der Waals surface area (Å²) in [5, 5.41) is 11.4. The number of benzene rings is 1. The summed E-state index contributed by atoms with van der Waals surface area (Å²) in [4.78, 5) is 23.1. The van der Waals surface area contributed by atoms with Gasteiger partial charge >= 0.3 is 5.97 Å². The van der Waals surface area contributed by atoms with Crippen LogP contribution in [0.1, 0.15) is 44.1 Å². The molecule has 1 fully saturated rings. The summed E-state index contributed by atoms with van der Waals surface area (Å²) in [6, 6.07) is 6.18. The van der Waals surface area contributed by atoms with E-state index in [0.29, 0.717) is 18.4 Å². The highest BCUT2D eigenvalue weighted by atomic mass is 19.1. The molecule has 1 amide bonds. The van der Waals surface area contributed by atoms with Crippen molar-refractivity contribution in [3.63, 3.8) is 0 Å². The summed E-state index contributed by atoms with van der Waals surface area (Å²) < 4.78 is 13.5. The number of nitrogens with one attached hydrogen (secondary N) is 1. The molecule has 0 unspecified atom stereocenters. The van der Waals surface area contributed by atoms with Gasteiger partial charge in [-0.1, -0.05) is 31.4 Å². The van der Waals surface area contributed by atoms with Crippen molar-refractivity contribution in [1.29, 1.82) is 0 Å². The van der Waals surface area contributed by atoms with Crippen molar-refractivity contribution >= 4 is 11.9 Å². The zero-order valence-corrected chi connectivity index (χ0v) is 11.9. The SMILES string of the molecule is O=C(O)CCNC(=O)C1(c2cccc(F)c2)CCCCC1. The van der Waals surface area contributed by atoms with Gasteiger partial charge in [-0.05, 0) is 30.5 Å². The molecule has 0 atom stereocenters. The predicted octanol–water partition coefficient (Wildman–Crippen LogP) is 2.62. The van der Waals surface area contributed by atoms with Crippen LogP contribution < -0.4 is 5.32 Å². The first-order valence-corrected chi connectivity index (χ1v) is 7.31. The number of hydrogen-bond donors (Lipinski definition) is 2. The van der Waals surface area contributed by atoms with Crippen molar-refractivity contribution in [2.45, 2.75) is 43.9 Å². The maximum absolute atomic E-state index is 13.5. The fourth-order valence-corrected chi connectivity index (χ4v) is 3.04. The van der Waals surface area contributed by atoms with E-state index in [9.17, 15) is 14.0 Å². The van der Waals surface area contributed by atoms with Crippen LogP contribution in [0.3, 0.4) is 0 Å². The number of carboxylic acids is 1. The minimum Gasteiger partial charge on any atom is -0.481 e. The summed E-state index contributed by atoms with van der Waals surface area (Å²) >= 11 is 0. The first-order chi connectivity index (χ1) is 10.0. The van der Waals surface area contributed by atoms with Crippen LogP contribution in [0.2, 0.25) is 0 Å². The third-order valence-electron chi connectivity index (χ3n) is 4.14. The number of carbonyl (C=O) groups is 2. The molecule has 0 aromatic heterocycles. The van der Waals surface area contributed by atoms with Gasteiger partial charge in [0.15, 0.2) is 0 Å². The molecule has 21 heavy (non-hydrogen) atoms. The summed E-state index contributed by atoms with van der Waals surface area (Å²) in [6.07, 6.45) is 4.15. The fraction of sp³-hybridized carbons (Fsp3) is 0.500. The quantitative estimate of drug-likeness (QED) is 0.877. The molecule has 4 nitrogen and oxygen atoms in total. The molecule has 1 aromatic rings. The van der Waals surface area contributed by atoms with E-state index in [0.717, 1.165) is 19.3 Å². The van der Waals surface area contributed by atoms with E-state index in [1.807, 2.05) is 0 Å². The van der Waals surface area contributed by atoms with Gasteiger partial charge in [0.2, 0.25) is 5.91 Å². The Morgan fingerprint density at radius 3 is 2.57 bits per heavy atom. The number of carbonyl (C=O) groups excluding carboxylic acids is 1. The van der Waals surface area contributed by atoms with Crippen LogP contribution in [0, 0.1) is 5.82 Å². The monoisotopic (exact) mass is 293 g/mol. The molecule has 2 rings (SSSR count). The highest BCUT2D eigenvalue weighted by molar-refractivity contribution is 5.88. The molecule has 2 N–H and O–H groups in total. The Kier molecular flexibility index (Phi) is 4.94. The molecule has 0 spiro atoms. The molecule has 0 bridgehead atoms. The van der Waals surface area contributed by atoms with Gasteiger partial charge in [0.25, 0.3) is 0 Å². The second kappa shape index (κ2) is 6.70. The Balaban J connectivity index is 2.20. The second-order valence-electron chi connectivity index (χ2n) is 5.55. The Bertz CT molecular complexity index is 524. The fourth-order valence-electron chi connectivity index (χ4n) is 3.04. The highest BCUT2D eigenvalue weighted by Crippen LogP contribution is 2.39. The van der Waals surface area contributed by atoms with Crippen molar-refractivity contribution in [2.24, 2.45) is 0 Å². The standard InChI is InChI=1S/C16H20FNO3/c17-13-6-4-5-12(11-13)16(8-2-1-3-9-16)15(21)18-10-7-14(19)20/h4-6,11H,1-3,7-10H2,(H,18,21)(H,19,20). The molecule has 0 saturated heterocycles. The molecule has 0 heterocycles. The lowest BCUT2D eigenvalue weighted by atomic mass is 9.68. The van der Waals surface area contributed by atoms with Crippen LogP contribution in [-0.4, -0.2) is 23.5 Å². The molecule has 1 aromatic carbocycles. The van der Waals surface area contributed by atoms with E-state index in [1.54, 1.807) is 12.1 Å². The van der Waals surface area contributed by atoms with E-state index in [2.05, 4.69) is 5.32 Å². The lowest BCUT2D eigenvalue weighted by Crippen LogP contribution is -2.46. The molecule has 1 aliphatic carbocycles. The van der Waals surface area contributed by atoms with Crippen LogP contribution in [0.25, 0.3) is 0 Å². The van der Waals surface area contributed by atoms with Crippen LogP contribution in [-0.2, 0) is 15.0 Å². The van der Waals surface area contributed by atoms with E-state index < -0.39 is 11.4 Å². The van der Waals surface area contributed by atoms with Crippen molar-refractivity contribution in [2.75, 3.05) is 6.54 Å². The number of amides is 1. The number of rotatable bonds is 5. The Labute approximate surface area is 123 Å². The maximum Gasteiger partial charge on any atom is 0.305 e. The Morgan fingerprint density at radius 2 is 1.95 bits per heavy atom. The van der Waals surface area contributed by atoms with E-state index >= 15 is 0 Å². The van der Waals surface area contributed by atoms with Gasteiger partial charge < -0.3 is 10.4 Å². The average molecular weight is 293 g/mol. The molecular formula is C16H20FNO3. The smallest absolute Gasteiger partial charge is 0.305 e. The molecule has 1 saturated carbocycles. The van der Waals surface area contributed by atoms with Crippen molar-refractivity contribution in [3.8, 4) is 0 Å². The summed E-state index contributed by atoms with van der Waals surface area (Å²) in [7, 11) is 0. The van der Waals surface area contributed by atoms with Crippen molar-refractivity contribution < 1.29 is 19.1 Å². The molecule has 0 radical (unpaired) electrons. The summed E-state index contributed by atoms with van der Waals surface area (Å²) in [5.74, 6) is -1.48. The minimum atomic E-state index is -0.946. The van der Waals surface area contributed by atoms with Gasteiger partial charge in [-0.2, -0.15) is 0 Å². The molecule has 114 valence electrons. The zero-order chi connectivity index (χ0) is 15.3. The van der Waals surface area contributed by atoms with Gasteiger partial charge in [-0.25, -0.2) is 4.39 Å². The van der Waals surface area contributed by atoms with E-state index in [1.165, 1.54) is 12.1 Å². The topological polar surface area (TPSA) is 66.4 Å². The van der Waals surface area contributed by atoms with Gasteiger partial charge in [0.05, 0.1) is 11.8 Å². The first kappa shape index (κ1) is 15.5. The third-order valence-corrected chi connectivity index (χ3v) is 4.14. The number of aliphatic carboxylic acids is 1. The van der Waals surface area contributed by atoms with Gasteiger partial charge in [-0.3, -0.25) is 9.59 Å². The van der Waals surface area contributed by atoms with E-state index in [4.69, 9.17) is 5.11 Å². The zero-order valence-electron chi connectivity index (χ0n) is 11.9.